The first-order chi connectivity index (χ1) is 15.9. The van der Waals surface area contributed by atoms with Crippen molar-refractivity contribution in [2.24, 2.45) is 5.41 Å². The van der Waals surface area contributed by atoms with Gasteiger partial charge in [0, 0.05) is 11.8 Å². The average Bonchev–Trinajstić information content (AvgIpc) is 2.75. The van der Waals surface area contributed by atoms with Crippen LogP contribution in [0.4, 0.5) is 5.69 Å². The van der Waals surface area contributed by atoms with Crippen LogP contribution in [0, 0.1) is 5.41 Å². The summed E-state index contributed by atoms with van der Waals surface area (Å²) in [4.78, 5) is 12.4. The molecule has 0 atom stereocenters. The molecule has 1 aliphatic rings. The van der Waals surface area contributed by atoms with Gasteiger partial charge in [0.15, 0.2) is 0 Å². The highest BCUT2D eigenvalue weighted by Gasteiger charge is 2.26. The minimum absolute atomic E-state index is 0.155. The third kappa shape index (κ3) is 7.22. The van der Waals surface area contributed by atoms with Gasteiger partial charge in [-0.1, -0.05) is 55.4 Å². The van der Waals surface area contributed by atoms with E-state index in [-0.39, 0.29) is 41.0 Å². The van der Waals surface area contributed by atoms with Gasteiger partial charge in [0.2, 0.25) is 5.91 Å². The van der Waals surface area contributed by atoms with Gasteiger partial charge in [0.1, 0.15) is 5.75 Å². The Labute approximate surface area is 187 Å². The average molecular weight is 410 g/mol. The van der Waals surface area contributed by atoms with Gasteiger partial charge in [0.05, 0.1) is 12.6 Å². The monoisotopic (exact) mass is 409 g/mol. The number of ether oxygens (including phenoxy) is 1. The standard InChI is InChI=1S/C27H35NO2/c1-20(12-17-25-22(3)11-8-18-27(25,4)5)9-7-10-21(2)19-26(29)28-23-13-15-24(30-6)16-14-23/h7,9-10,12-17,19H,8,11,18H2,1-6H3,(H,28,29)/b10-7+,17-12+,20-9+,21-19+/i13D,14D,15D,16D. The number of carbonyl (C=O) groups is 1. The van der Waals surface area contributed by atoms with Crippen molar-refractivity contribution in [3.63, 3.8) is 0 Å². The molecule has 0 heterocycles. The molecule has 0 spiro atoms. The molecule has 30 heavy (non-hydrogen) atoms. The molecule has 1 N–H and O–H groups in total. The lowest BCUT2D eigenvalue weighted by Crippen LogP contribution is -2.19. The van der Waals surface area contributed by atoms with Crippen molar-refractivity contribution in [1.82, 2.24) is 0 Å². The zero-order chi connectivity index (χ0) is 25.6. The highest BCUT2D eigenvalue weighted by molar-refractivity contribution is 6.00. The lowest BCUT2D eigenvalue weighted by Gasteiger charge is -2.32. The molecular weight excluding hydrogens is 370 g/mol. The van der Waals surface area contributed by atoms with Crippen LogP contribution >= 0.6 is 0 Å². The van der Waals surface area contributed by atoms with Crippen LogP contribution in [0.3, 0.4) is 0 Å². The van der Waals surface area contributed by atoms with Gasteiger partial charge in [0.25, 0.3) is 0 Å². The molecule has 1 aliphatic carbocycles. The number of allylic oxidation sites excluding steroid dienone is 9. The highest BCUT2D eigenvalue weighted by Crippen LogP contribution is 2.40. The third-order valence-corrected chi connectivity index (χ3v) is 5.19. The van der Waals surface area contributed by atoms with Crippen LogP contribution in [0.25, 0.3) is 0 Å². The molecule has 0 aliphatic heterocycles. The molecule has 0 fully saturated rings. The maximum absolute atomic E-state index is 12.4. The second-order valence-electron chi connectivity index (χ2n) is 8.32. The van der Waals surface area contributed by atoms with E-state index >= 15 is 0 Å². The van der Waals surface area contributed by atoms with Crippen LogP contribution in [0.5, 0.6) is 5.75 Å². The summed E-state index contributed by atoms with van der Waals surface area (Å²) in [5.74, 6) is -0.687. The molecule has 3 heteroatoms. The predicted molar refractivity (Wildman–Crippen MR) is 128 cm³/mol. The van der Waals surface area contributed by atoms with Crippen molar-refractivity contribution in [3.05, 3.63) is 82.9 Å². The number of methoxy groups -OCH3 is 1. The van der Waals surface area contributed by atoms with E-state index in [0.29, 0.717) is 5.57 Å². The van der Waals surface area contributed by atoms with Gasteiger partial charge in [-0.2, -0.15) is 0 Å². The van der Waals surface area contributed by atoms with Crippen molar-refractivity contribution in [2.45, 2.75) is 53.9 Å². The number of benzene rings is 1. The molecule has 1 aromatic carbocycles. The Morgan fingerprint density at radius 2 is 1.87 bits per heavy atom. The molecule has 3 nitrogen and oxygen atoms in total. The van der Waals surface area contributed by atoms with E-state index in [0.717, 1.165) is 12.0 Å². The van der Waals surface area contributed by atoms with E-state index in [4.69, 9.17) is 10.2 Å². The lowest BCUT2D eigenvalue weighted by molar-refractivity contribution is -0.111. The molecule has 0 radical (unpaired) electrons. The first-order valence-electron chi connectivity index (χ1n) is 12.3. The van der Waals surface area contributed by atoms with Crippen LogP contribution < -0.4 is 10.1 Å². The largest absolute Gasteiger partial charge is 0.497 e. The molecule has 0 unspecified atom stereocenters. The van der Waals surface area contributed by atoms with Crippen molar-refractivity contribution < 1.29 is 15.0 Å². The van der Waals surface area contributed by atoms with E-state index in [1.807, 2.05) is 19.1 Å². The van der Waals surface area contributed by atoms with Gasteiger partial charge >= 0.3 is 0 Å². The lowest BCUT2D eigenvalue weighted by atomic mass is 9.72. The van der Waals surface area contributed by atoms with Gasteiger partial charge in [-0.05, 0) is 80.8 Å². The number of hydrogen-bond donors (Lipinski definition) is 1. The van der Waals surface area contributed by atoms with Crippen LogP contribution in [0.2, 0.25) is 0 Å². The first-order valence-corrected chi connectivity index (χ1v) is 10.3. The summed E-state index contributed by atoms with van der Waals surface area (Å²) in [5.41, 5.74) is 4.67. The molecule has 1 amide bonds. The number of anilines is 1. The van der Waals surface area contributed by atoms with Crippen LogP contribution in [0.1, 0.15) is 59.4 Å². The number of hydrogen-bond acceptors (Lipinski definition) is 2. The van der Waals surface area contributed by atoms with E-state index in [2.05, 4.69) is 38.2 Å². The fourth-order valence-corrected chi connectivity index (χ4v) is 3.51. The van der Waals surface area contributed by atoms with Gasteiger partial charge < -0.3 is 10.1 Å². The third-order valence-electron chi connectivity index (χ3n) is 5.19. The van der Waals surface area contributed by atoms with E-state index < -0.39 is 5.91 Å². The Hall–Kier alpha value is -2.81. The van der Waals surface area contributed by atoms with Crippen LogP contribution in [0.15, 0.2) is 82.9 Å². The molecule has 0 bridgehead atoms. The van der Waals surface area contributed by atoms with Crippen LogP contribution in [-0.2, 0) is 4.79 Å². The number of rotatable bonds is 7. The molecule has 0 aromatic heterocycles. The fraction of sp³-hybridized carbons (Fsp3) is 0.370. The summed E-state index contributed by atoms with van der Waals surface area (Å²) < 4.78 is 36.8. The fourth-order valence-electron chi connectivity index (χ4n) is 3.51. The Bertz CT molecular complexity index is 1080. The van der Waals surface area contributed by atoms with E-state index in [9.17, 15) is 4.79 Å². The number of carbonyl (C=O) groups excluding carboxylic acids is 1. The summed E-state index contributed by atoms with van der Waals surface area (Å²) in [6.07, 6.45) is 14.9. The SMILES string of the molecule is [2H]c1c([2H])c(OC)c([2H])c([2H])c1NC(=O)/C=C(C)/C=C/C=C(C)/C=C/C1=C(C)CCCC1(C)C. The van der Waals surface area contributed by atoms with Gasteiger partial charge in [-0.15, -0.1) is 0 Å². The van der Waals surface area contributed by atoms with Gasteiger partial charge in [-0.3, -0.25) is 4.79 Å². The summed E-state index contributed by atoms with van der Waals surface area (Å²) in [6, 6.07) is -1.39. The summed E-state index contributed by atoms with van der Waals surface area (Å²) in [6.45, 7) is 10.6. The molecule has 160 valence electrons. The molecule has 0 saturated carbocycles. The zero-order valence-corrected chi connectivity index (χ0v) is 18.9. The number of amides is 1. The molecule has 1 aromatic rings. The predicted octanol–water partition coefficient (Wildman–Crippen LogP) is 7.17. The second-order valence-corrected chi connectivity index (χ2v) is 8.32. The zero-order valence-electron chi connectivity index (χ0n) is 22.9. The Balaban J connectivity index is 2.10. The Morgan fingerprint density at radius 3 is 2.50 bits per heavy atom. The maximum atomic E-state index is 12.4. The molecular formula is C27H35NO2. The topological polar surface area (TPSA) is 38.3 Å². The van der Waals surface area contributed by atoms with Crippen molar-refractivity contribution in [1.29, 1.82) is 0 Å². The minimum Gasteiger partial charge on any atom is -0.497 e. The van der Waals surface area contributed by atoms with Gasteiger partial charge in [-0.25, -0.2) is 0 Å². The Kier molecular flexibility index (Phi) is 6.49. The molecule has 0 saturated heterocycles. The van der Waals surface area contributed by atoms with Crippen molar-refractivity contribution >= 4 is 11.6 Å². The summed E-state index contributed by atoms with van der Waals surface area (Å²) in [7, 11) is 1.28. The number of nitrogens with one attached hydrogen (secondary N) is 1. The smallest absolute Gasteiger partial charge is 0.248 e. The minimum atomic E-state index is -0.532. The normalized spacial score (nSPS) is 19.5. The molecule has 2 rings (SSSR count). The van der Waals surface area contributed by atoms with Crippen molar-refractivity contribution in [3.8, 4) is 5.75 Å². The second kappa shape index (κ2) is 10.8. The van der Waals surface area contributed by atoms with Crippen LogP contribution in [-0.4, -0.2) is 13.0 Å². The van der Waals surface area contributed by atoms with E-state index in [1.54, 1.807) is 13.0 Å². The highest BCUT2D eigenvalue weighted by atomic mass is 16.5. The van der Waals surface area contributed by atoms with Crippen molar-refractivity contribution in [2.75, 3.05) is 12.4 Å². The maximum Gasteiger partial charge on any atom is 0.248 e. The first kappa shape index (κ1) is 18.0. The quantitative estimate of drug-likeness (QED) is 0.383. The van der Waals surface area contributed by atoms with E-state index in [1.165, 1.54) is 37.2 Å². The summed E-state index contributed by atoms with van der Waals surface area (Å²) in [5, 5.41) is 2.46. The summed E-state index contributed by atoms with van der Waals surface area (Å²) >= 11 is 0. The Morgan fingerprint density at radius 1 is 1.17 bits per heavy atom.